The zero-order valence-corrected chi connectivity index (χ0v) is 19.6. The van der Waals surface area contributed by atoms with Crippen LogP contribution in [0.4, 0.5) is 5.82 Å². The van der Waals surface area contributed by atoms with Crippen LogP contribution < -0.4 is 4.90 Å². The molecule has 2 heterocycles. The number of benzene rings is 2. The summed E-state index contributed by atoms with van der Waals surface area (Å²) < 4.78 is 0. The third-order valence-corrected chi connectivity index (χ3v) is 6.02. The number of aromatic nitrogens is 2. The van der Waals surface area contributed by atoms with Gasteiger partial charge in [0.25, 0.3) is 5.91 Å². The number of nitrogens with zero attached hydrogens (tertiary/aromatic N) is 5. The van der Waals surface area contributed by atoms with Gasteiger partial charge in [-0.15, -0.1) is 0 Å². The first kappa shape index (κ1) is 23.4. The van der Waals surface area contributed by atoms with Crippen LogP contribution in [0.2, 0.25) is 0 Å². The van der Waals surface area contributed by atoms with E-state index in [2.05, 4.69) is 4.90 Å². The summed E-state index contributed by atoms with van der Waals surface area (Å²) >= 11 is 0. The lowest BCUT2D eigenvalue weighted by molar-refractivity contribution is -0.145. The van der Waals surface area contributed by atoms with Gasteiger partial charge in [0.05, 0.1) is 17.5 Å². The molecule has 2 N–H and O–H groups in total. The zero-order chi connectivity index (χ0) is 24.4. The minimum Gasteiger partial charge on any atom is -0.507 e. The molecule has 0 saturated carbocycles. The number of hydrogen-bond acceptors (Lipinski definition) is 7. The van der Waals surface area contributed by atoms with Crippen LogP contribution in [-0.4, -0.2) is 88.2 Å². The van der Waals surface area contributed by atoms with Crippen LogP contribution in [-0.2, 0) is 9.59 Å². The summed E-state index contributed by atoms with van der Waals surface area (Å²) in [5, 5.41) is 21.5. The first-order valence-electron chi connectivity index (χ1n) is 11.2. The van der Waals surface area contributed by atoms with Gasteiger partial charge in [-0.05, 0) is 36.8 Å². The third kappa shape index (κ3) is 4.79. The number of carbonyl (C=O) groups is 2. The number of aliphatic hydroxyl groups is 1. The van der Waals surface area contributed by atoms with Gasteiger partial charge < -0.3 is 24.9 Å². The van der Waals surface area contributed by atoms with Crippen molar-refractivity contribution in [1.82, 2.24) is 19.8 Å². The molecule has 2 amide bonds. The van der Waals surface area contributed by atoms with Crippen molar-refractivity contribution in [1.29, 1.82) is 0 Å². The molecule has 9 heteroatoms. The van der Waals surface area contributed by atoms with Crippen molar-refractivity contribution in [3.63, 3.8) is 0 Å². The first-order valence-corrected chi connectivity index (χ1v) is 11.2. The first-order chi connectivity index (χ1) is 16.2. The molecular weight excluding hydrogens is 434 g/mol. The summed E-state index contributed by atoms with van der Waals surface area (Å²) in [6, 6.07) is 13.0. The van der Waals surface area contributed by atoms with E-state index < -0.39 is 12.0 Å². The number of phenols is 1. The fourth-order valence-electron chi connectivity index (χ4n) is 4.03. The highest BCUT2D eigenvalue weighted by molar-refractivity contribution is 5.92. The smallest absolute Gasteiger partial charge is 0.252 e. The van der Waals surface area contributed by atoms with Crippen molar-refractivity contribution >= 4 is 28.5 Å². The fraction of sp³-hybridized carbons (Fsp3) is 0.360. The number of hydrogen-bond donors (Lipinski definition) is 2. The number of para-hydroxylation sites is 1. The number of amides is 2. The third-order valence-electron chi connectivity index (χ3n) is 6.02. The van der Waals surface area contributed by atoms with E-state index in [0.29, 0.717) is 37.6 Å². The van der Waals surface area contributed by atoms with Crippen molar-refractivity contribution in [2.75, 3.05) is 45.2 Å². The van der Waals surface area contributed by atoms with Crippen LogP contribution in [0, 0.1) is 6.92 Å². The summed E-state index contributed by atoms with van der Waals surface area (Å²) in [5.41, 5.74) is 2.39. The summed E-state index contributed by atoms with van der Waals surface area (Å²) in [4.78, 5) is 39.0. The maximum atomic E-state index is 12.7. The van der Waals surface area contributed by atoms with Gasteiger partial charge in [0.1, 0.15) is 17.7 Å². The lowest BCUT2D eigenvalue weighted by Crippen LogP contribution is -2.52. The standard InChI is InChI=1S/C25H29N5O4.H2/c1-16-8-9-17-19(14-16)26-23(18-6-4-5-7-20(18)31)27-24(17)29-10-12-30(13-11-29)25(34)21(32)15-22(33)28(2)3;/h4-9,14,21,31-32H,10-13,15H2,1-3H3;1H/t21-;/m1./s1. The largest absolute Gasteiger partial charge is 0.507 e. The van der Waals surface area contributed by atoms with Gasteiger partial charge in [0, 0.05) is 47.1 Å². The van der Waals surface area contributed by atoms with Crippen molar-refractivity contribution in [2.24, 2.45) is 0 Å². The van der Waals surface area contributed by atoms with Crippen molar-refractivity contribution in [3.8, 4) is 17.1 Å². The fourth-order valence-corrected chi connectivity index (χ4v) is 4.03. The molecule has 3 aromatic rings. The van der Waals surface area contributed by atoms with Crippen LogP contribution in [0.15, 0.2) is 42.5 Å². The molecule has 1 atom stereocenters. The Bertz CT molecular complexity index is 1230. The summed E-state index contributed by atoms with van der Waals surface area (Å²) in [7, 11) is 3.19. The number of piperazine rings is 1. The topological polar surface area (TPSA) is 110 Å². The highest BCUT2D eigenvalue weighted by Crippen LogP contribution is 2.32. The predicted molar refractivity (Wildman–Crippen MR) is 132 cm³/mol. The monoisotopic (exact) mass is 465 g/mol. The van der Waals surface area contributed by atoms with E-state index in [9.17, 15) is 19.8 Å². The van der Waals surface area contributed by atoms with Gasteiger partial charge in [0.2, 0.25) is 5.91 Å². The molecule has 0 aliphatic carbocycles. The van der Waals surface area contributed by atoms with Crippen LogP contribution in [0.1, 0.15) is 13.4 Å². The molecule has 1 aliphatic rings. The maximum absolute atomic E-state index is 12.7. The van der Waals surface area contributed by atoms with E-state index >= 15 is 0 Å². The second-order valence-corrected chi connectivity index (χ2v) is 8.73. The Hall–Kier alpha value is -3.72. The van der Waals surface area contributed by atoms with Gasteiger partial charge in [-0.25, -0.2) is 9.97 Å². The summed E-state index contributed by atoms with van der Waals surface area (Å²) in [5.74, 6) is 0.546. The van der Waals surface area contributed by atoms with Gasteiger partial charge in [0.15, 0.2) is 5.82 Å². The number of carbonyl (C=O) groups excluding carboxylic acids is 2. The van der Waals surface area contributed by atoms with E-state index in [-0.39, 0.29) is 19.5 Å². The number of anilines is 1. The number of aromatic hydroxyl groups is 1. The summed E-state index contributed by atoms with van der Waals surface area (Å²) in [6.07, 6.45) is -1.58. The number of aliphatic hydroxyl groups excluding tert-OH is 1. The molecule has 34 heavy (non-hydrogen) atoms. The molecule has 0 bridgehead atoms. The van der Waals surface area contributed by atoms with Crippen LogP contribution >= 0.6 is 0 Å². The normalized spacial score (nSPS) is 14.8. The van der Waals surface area contributed by atoms with Crippen molar-refractivity contribution < 1.29 is 21.2 Å². The molecule has 1 aromatic heterocycles. The highest BCUT2D eigenvalue weighted by Gasteiger charge is 2.29. The van der Waals surface area contributed by atoms with Gasteiger partial charge >= 0.3 is 0 Å². The Balaban J connectivity index is 0.00000342. The van der Waals surface area contributed by atoms with Crippen LogP contribution in [0.5, 0.6) is 5.75 Å². The van der Waals surface area contributed by atoms with E-state index in [4.69, 9.17) is 9.97 Å². The Morgan fingerprint density at radius 3 is 2.47 bits per heavy atom. The molecule has 1 fully saturated rings. The van der Waals surface area contributed by atoms with Gasteiger partial charge in [-0.3, -0.25) is 9.59 Å². The van der Waals surface area contributed by atoms with Crippen molar-refractivity contribution in [2.45, 2.75) is 19.4 Å². The molecule has 0 radical (unpaired) electrons. The van der Waals surface area contributed by atoms with E-state index in [1.165, 1.54) is 4.90 Å². The van der Waals surface area contributed by atoms with E-state index in [0.717, 1.165) is 22.3 Å². The summed E-state index contributed by atoms with van der Waals surface area (Å²) in [6.45, 7) is 3.82. The zero-order valence-electron chi connectivity index (χ0n) is 19.6. The SMILES string of the molecule is Cc1ccc2c(N3CCN(C(=O)[C@H](O)CC(=O)N(C)C)CC3)nc(-c3ccccc3O)nc2c1.[HH]. The quantitative estimate of drug-likeness (QED) is 0.593. The average Bonchev–Trinajstić information content (AvgIpc) is 2.83. The molecule has 0 unspecified atom stereocenters. The molecule has 9 nitrogen and oxygen atoms in total. The number of phenolic OH excluding ortho intramolecular Hbond substituents is 1. The minimum absolute atomic E-state index is 0. The molecule has 4 rings (SSSR count). The Labute approximate surface area is 199 Å². The molecule has 2 aromatic carbocycles. The second kappa shape index (κ2) is 9.64. The second-order valence-electron chi connectivity index (χ2n) is 8.73. The Morgan fingerprint density at radius 1 is 1.09 bits per heavy atom. The lowest BCUT2D eigenvalue weighted by atomic mass is 10.1. The number of aryl methyl sites for hydroxylation is 1. The van der Waals surface area contributed by atoms with Crippen LogP contribution in [0.25, 0.3) is 22.3 Å². The average molecular weight is 466 g/mol. The highest BCUT2D eigenvalue weighted by atomic mass is 16.3. The molecule has 180 valence electrons. The molecular formula is C25H31N5O4. The maximum Gasteiger partial charge on any atom is 0.252 e. The molecule has 1 saturated heterocycles. The van der Waals surface area contributed by atoms with Gasteiger partial charge in [-0.2, -0.15) is 0 Å². The number of rotatable bonds is 5. The van der Waals surface area contributed by atoms with E-state index in [1.807, 2.05) is 31.2 Å². The number of fused-ring (bicyclic) bond motifs is 1. The van der Waals surface area contributed by atoms with Crippen molar-refractivity contribution in [3.05, 3.63) is 48.0 Å². The minimum atomic E-state index is -1.35. The van der Waals surface area contributed by atoms with E-state index in [1.54, 1.807) is 37.2 Å². The van der Waals surface area contributed by atoms with Gasteiger partial charge in [-0.1, -0.05) is 18.2 Å². The van der Waals surface area contributed by atoms with Crippen LogP contribution in [0.3, 0.4) is 0 Å². The molecule has 1 aliphatic heterocycles. The predicted octanol–water partition coefficient (Wildman–Crippen LogP) is 2.04. The Kier molecular flexibility index (Phi) is 6.65. The molecule has 0 spiro atoms. The Morgan fingerprint density at radius 2 is 1.79 bits per heavy atom. The lowest BCUT2D eigenvalue weighted by Gasteiger charge is -2.36.